The molecule has 1 saturated heterocycles. The summed E-state index contributed by atoms with van der Waals surface area (Å²) in [4.78, 5) is 32.8. The molecule has 1 aliphatic rings. The molecule has 0 bridgehead atoms. The van der Waals surface area contributed by atoms with Gasteiger partial charge >= 0.3 is 0 Å². The molecule has 1 aromatic carbocycles. The number of thioether (sulfide) groups is 1. The predicted octanol–water partition coefficient (Wildman–Crippen LogP) is 3.57. The molecule has 160 valence electrons. The van der Waals surface area contributed by atoms with Crippen LogP contribution >= 0.6 is 11.8 Å². The number of rotatable bonds is 6. The number of amides is 1. The first-order chi connectivity index (χ1) is 15.1. The van der Waals surface area contributed by atoms with E-state index in [9.17, 15) is 9.59 Å². The molecular weight excluding hydrogens is 406 g/mol. The average molecular weight is 434 g/mol. The molecule has 2 aromatic heterocycles. The number of hydrogen-bond acceptors (Lipinski definition) is 4. The van der Waals surface area contributed by atoms with Gasteiger partial charge in [-0.1, -0.05) is 36.4 Å². The molecule has 1 amide bonds. The smallest absolute Gasteiger partial charge is 0.259 e. The van der Waals surface area contributed by atoms with E-state index in [-0.39, 0.29) is 11.3 Å². The van der Waals surface area contributed by atoms with Gasteiger partial charge in [0, 0.05) is 48.2 Å². The molecule has 0 radical (unpaired) electrons. The Morgan fingerprint density at radius 1 is 1.03 bits per heavy atom. The maximum absolute atomic E-state index is 13.5. The van der Waals surface area contributed by atoms with Gasteiger partial charge in [0.15, 0.2) is 5.43 Å². The molecule has 0 saturated carbocycles. The number of aryl methyl sites for hydroxylation is 2. The number of carbonyl (C=O) groups is 1. The van der Waals surface area contributed by atoms with Gasteiger partial charge in [-0.25, -0.2) is 0 Å². The standard InChI is InChI=1S/C25H27N3O2S/c1-19-17-23(29)24(25(30)27-13-15-31-16-14-27)22(11-10-20-7-3-2-4-8-20)28(19)18-21-9-5-6-12-26-21/h2-9,12,17H,10-11,13-16,18H2,1H3. The second-order valence-electron chi connectivity index (χ2n) is 7.77. The van der Waals surface area contributed by atoms with Crippen molar-refractivity contribution in [3.63, 3.8) is 0 Å². The fraction of sp³-hybridized carbons (Fsp3) is 0.320. The normalized spacial score (nSPS) is 13.9. The Bertz CT molecular complexity index is 1090. The second kappa shape index (κ2) is 9.96. The molecule has 0 spiro atoms. The highest BCUT2D eigenvalue weighted by molar-refractivity contribution is 7.99. The first-order valence-electron chi connectivity index (χ1n) is 10.7. The van der Waals surface area contributed by atoms with Gasteiger partial charge in [-0.3, -0.25) is 14.6 Å². The van der Waals surface area contributed by atoms with Crippen LogP contribution in [0.1, 0.15) is 33.0 Å². The van der Waals surface area contributed by atoms with Gasteiger partial charge in [-0.15, -0.1) is 0 Å². The highest BCUT2D eigenvalue weighted by atomic mass is 32.2. The van der Waals surface area contributed by atoms with Crippen LogP contribution in [0.5, 0.6) is 0 Å². The van der Waals surface area contributed by atoms with Crippen molar-refractivity contribution in [3.8, 4) is 0 Å². The highest BCUT2D eigenvalue weighted by Gasteiger charge is 2.26. The molecule has 31 heavy (non-hydrogen) atoms. The molecular formula is C25H27N3O2S. The maximum atomic E-state index is 13.5. The Balaban J connectivity index is 1.77. The van der Waals surface area contributed by atoms with Crippen LogP contribution in [0.3, 0.4) is 0 Å². The van der Waals surface area contributed by atoms with Gasteiger partial charge in [0.25, 0.3) is 5.91 Å². The van der Waals surface area contributed by atoms with E-state index in [4.69, 9.17) is 0 Å². The van der Waals surface area contributed by atoms with E-state index in [1.807, 2.05) is 60.0 Å². The Morgan fingerprint density at radius 2 is 1.77 bits per heavy atom. The van der Waals surface area contributed by atoms with E-state index in [1.54, 1.807) is 12.3 Å². The largest absolute Gasteiger partial charge is 0.342 e. The van der Waals surface area contributed by atoms with Gasteiger partial charge in [0.2, 0.25) is 0 Å². The van der Waals surface area contributed by atoms with Crippen LogP contribution in [0, 0.1) is 6.92 Å². The van der Waals surface area contributed by atoms with Crippen molar-refractivity contribution in [1.29, 1.82) is 0 Å². The third-order valence-corrected chi connectivity index (χ3v) is 6.62. The Labute approximate surface area is 187 Å². The molecule has 3 aromatic rings. The summed E-state index contributed by atoms with van der Waals surface area (Å²) in [6.45, 7) is 3.85. The maximum Gasteiger partial charge on any atom is 0.259 e. The van der Waals surface area contributed by atoms with Crippen molar-refractivity contribution in [2.45, 2.75) is 26.3 Å². The molecule has 0 N–H and O–H groups in total. The number of nitrogens with zero attached hydrogens (tertiary/aromatic N) is 3. The van der Waals surface area contributed by atoms with Gasteiger partial charge in [-0.2, -0.15) is 11.8 Å². The number of aromatic nitrogens is 2. The third kappa shape index (κ3) is 5.07. The quantitative estimate of drug-likeness (QED) is 0.596. The summed E-state index contributed by atoms with van der Waals surface area (Å²) in [5.41, 5.74) is 3.90. The monoisotopic (exact) mass is 433 g/mol. The van der Waals surface area contributed by atoms with Gasteiger partial charge < -0.3 is 9.47 Å². The molecule has 6 heteroatoms. The van der Waals surface area contributed by atoms with Crippen LogP contribution in [-0.2, 0) is 19.4 Å². The first-order valence-corrected chi connectivity index (χ1v) is 11.8. The van der Waals surface area contributed by atoms with Crippen molar-refractivity contribution in [2.75, 3.05) is 24.6 Å². The summed E-state index contributed by atoms with van der Waals surface area (Å²) in [6.07, 6.45) is 3.16. The van der Waals surface area contributed by atoms with Crippen molar-refractivity contribution in [2.24, 2.45) is 0 Å². The fourth-order valence-corrected chi connectivity index (χ4v) is 4.93. The minimum Gasteiger partial charge on any atom is -0.342 e. The van der Waals surface area contributed by atoms with E-state index in [2.05, 4.69) is 21.7 Å². The molecule has 0 aliphatic carbocycles. The molecule has 4 rings (SSSR count). The molecule has 0 atom stereocenters. The SMILES string of the molecule is Cc1cc(=O)c(C(=O)N2CCSCC2)c(CCc2ccccc2)n1Cc1ccccn1. The zero-order valence-electron chi connectivity index (χ0n) is 17.8. The van der Waals surface area contributed by atoms with Crippen LogP contribution in [0.2, 0.25) is 0 Å². The molecule has 1 fully saturated rings. The second-order valence-corrected chi connectivity index (χ2v) is 8.99. The summed E-state index contributed by atoms with van der Waals surface area (Å²) < 4.78 is 2.10. The van der Waals surface area contributed by atoms with Crippen molar-refractivity contribution in [3.05, 3.63) is 99.2 Å². The fourth-order valence-electron chi connectivity index (χ4n) is 4.02. The minimum absolute atomic E-state index is 0.136. The summed E-state index contributed by atoms with van der Waals surface area (Å²) in [7, 11) is 0. The number of pyridine rings is 2. The van der Waals surface area contributed by atoms with Gasteiger partial charge in [-0.05, 0) is 37.5 Å². The molecule has 1 aliphatic heterocycles. The summed E-state index contributed by atoms with van der Waals surface area (Å²) in [5, 5.41) is 0. The number of carbonyl (C=O) groups excluding carboxylic acids is 1. The molecule has 5 nitrogen and oxygen atoms in total. The van der Waals surface area contributed by atoms with Crippen LogP contribution in [-0.4, -0.2) is 45.0 Å². The van der Waals surface area contributed by atoms with Crippen LogP contribution in [0.4, 0.5) is 0 Å². The van der Waals surface area contributed by atoms with Crippen LogP contribution < -0.4 is 5.43 Å². The van der Waals surface area contributed by atoms with Crippen molar-refractivity contribution >= 4 is 17.7 Å². The van der Waals surface area contributed by atoms with Crippen molar-refractivity contribution in [1.82, 2.24) is 14.5 Å². The molecule has 3 heterocycles. The molecule has 0 unspecified atom stereocenters. The zero-order chi connectivity index (χ0) is 21.6. The van der Waals surface area contributed by atoms with Gasteiger partial charge in [0.1, 0.15) is 5.56 Å². The lowest BCUT2D eigenvalue weighted by Crippen LogP contribution is -2.41. The predicted molar refractivity (Wildman–Crippen MR) is 126 cm³/mol. The topological polar surface area (TPSA) is 55.2 Å². The van der Waals surface area contributed by atoms with E-state index in [0.29, 0.717) is 31.6 Å². The zero-order valence-corrected chi connectivity index (χ0v) is 18.6. The third-order valence-electron chi connectivity index (χ3n) is 5.68. The first kappa shape index (κ1) is 21.4. The summed E-state index contributed by atoms with van der Waals surface area (Å²) in [5.74, 6) is 1.70. The summed E-state index contributed by atoms with van der Waals surface area (Å²) >= 11 is 1.85. The Hall–Kier alpha value is -2.86. The van der Waals surface area contributed by atoms with Crippen LogP contribution in [0.25, 0.3) is 0 Å². The van der Waals surface area contributed by atoms with Crippen molar-refractivity contribution < 1.29 is 4.79 Å². The van der Waals surface area contributed by atoms with Crippen LogP contribution in [0.15, 0.2) is 65.6 Å². The van der Waals surface area contributed by atoms with E-state index >= 15 is 0 Å². The highest BCUT2D eigenvalue weighted by Crippen LogP contribution is 2.18. The lowest BCUT2D eigenvalue weighted by atomic mass is 10.0. The van der Waals surface area contributed by atoms with E-state index in [1.165, 1.54) is 5.56 Å². The van der Waals surface area contributed by atoms with E-state index < -0.39 is 0 Å². The Morgan fingerprint density at radius 3 is 2.48 bits per heavy atom. The van der Waals surface area contributed by atoms with E-state index in [0.717, 1.165) is 35.0 Å². The number of hydrogen-bond donors (Lipinski definition) is 0. The summed E-state index contributed by atoms with van der Waals surface area (Å²) in [6, 6.07) is 17.6. The lowest BCUT2D eigenvalue weighted by molar-refractivity contribution is 0.0768. The Kier molecular flexibility index (Phi) is 6.87. The van der Waals surface area contributed by atoms with Gasteiger partial charge in [0.05, 0.1) is 12.2 Å². The lowest BCUT2D eigenvalue weighted by Gasteiger charge is -2.28. The number of benzene rings is 1. The average Bonchev–Trinajstić information content (AvgIpc) is 2.81. The minimum atomic E-state index is -0.180.